The van der Waals surface area contributed by atoms with Crippen LogP contribution in [0.4, 0.5) is 0 Å². The van der Waals surface area contributed by atoms with Crippen molar-refractivity contribution in [1.29, 1.82) is 0 Å². The Morgan fingerprint density at radius 1 is 1.50 bits per heavy atom. The first-order chi connectivity index (χ1) is 8.71. The Hall–Kier alpha value is -0.980. The monoisotopic (exact) mass is 253 g/mol. The number of ether oxygens (including phenoxy) is 2. The topological polar surface area (TPSA) is 69.4 Å². The smallest absolute Gasteiger partial charge is 0.243 e. The van der Waals surface area contributed by atoms with E-state index in [1.54, 1.807) is 7.11 Å². The van der Waals surface area contributed by atoms with E-state index in [-0.39, 0.29) is 17.7 Å². The second kappa shape index (κ2) is 4.60. The SMILES string of the molecule is CO[C@@H]1CN[C@@H](c2nc(C3(C)CCCO3)no2)C1. The molecule has 3 heterocycles. The zero-order chi connectivity index (χ0) is 12.6. The van der Waals surface area contributed by atoms with Gasteiger partial charge in [-0.1, -0.05) is 5.16 Å². The molecule has 18 heavy (non-hydrogen) atoms. The molecule has 6 heteroatoms. The van der Waals surface area contributed by atoms with Crippen LogP contribution in [0.2, 0.25) is 0 Å². The summed E-state index contributed by atoms with van der Waals surface area (Å²) in [6.07, 6.45) is 3.09. The molecule has 3 atom stereocenters. The molecule has 0 saturated carbocycles. The van der Waals surface area contributed by atoms with Gasteiger partial charge in [0.2, 0.25) is 11.7 Å². The quantitative estimate of drug-likeness (QED) is 0.871. The van der Waals surface area contributed by atoms with E-state index in [0.29, 0.717) is 11.7 Å². The summed E-state index contributed by atoms with van der Waals surface area (Å²) < 4.78 is 16.4. The molecule has 3 rings (SSSR count). The van der Waals surface area contributed by atoms with E-state index in [1.165, 1.54) is 0 Å². The fourth-order valence-electron chi connectivity index (χ4n) is 2.62. The molecule has 0 aromatic carbocycles. The molecule has 1 unspecified atom stereocenters. The van der Waals surface area contributed by atoms with Crippen molar-refractivity contribution in [1.82, 2.24) is 15.5 Å². The van der Waals surface area contributed by atoms with E-state index in [9.17, 15) is 0 Å². The first-order valence-electron chi connectivity index (χ1n) is 6.45. The van der Waals surface area contributed by atoms with Crippen LogP contribution < -0.4 is 5.32 Å². The van der Waals surface area contributed by atoms with Crippen LogP contribution in [-0.4, -0.2) is 36.5 Å². The number of rotatable bonds is 3. The fraction of sp³-hybridized carbons (Fsp3) is 0.833. The first-order valence-corrected chi connectivity index (χ1v) is 6.45. The lowest BCUT2D eigenvalue weighted by atomic mass is 10.0. The highest BCUT2D eigenvalue weighted by Crippen LogP contribution is 2.34. The van der Waals surface area contributed by atoms with Crippen molar-refractivity contribution < 1.29 is 14.0 Å². The van der Waals surface area contributed by atoms with E-state index in [0.717, 1.165) is 32.4 Å². The van der Waals surface area contributed by atoms with Gasteiger partial charge < -0.3 is 19.3 Å². The molecule has 0 aliphatic carbocycles. The summed E-state index contributed by atoms with van der Waals surface area (Å²) >= 11 is 0. The molecule has 1 N–H and O–H groups in total. The third-order valence-corrected chi connectivity index (χ3v) is 3.86. The highest BCUT2D eigenvalue weighted by atomic mass is 16.5. The minimum atomic E-state index is -0.374. The third-order valence-electron chi connectivity index (χ3n) is 3.86. The van der Waals surface area contributed by atoms with Crippen molar-refractivity contribution in [2.24, 2.45) is 0 Å². The van der Waals surface area contributed by atoms with Crippen molar-refractivity contribution in [2.45, 2.75) is 43.9 Å². The van der Waals surface area contributed by atoms with Crippen LogP contribution in [0, 0.1) is 0 Å². The molecule has 2 aliphatic heterocycles. The number of hydrogen-bond acceptors (Lipinski definition) is 6. The minimum Gasteiger partial charge on any atom is -0.380 e. The van der Waals surface area contributed by atoms with Gasteiger partial charge >= 0.3 is 0 Å². The van der Waals surface area contributed by atoms with Gasteiger partial charge in [0.1, 0.15) is 5.60 Å². The van der Waals surface area contributed by atoms with Gasteiger partial charge in [-0.15, -0.1) is 0 Å². The Labute approximate surface area is 106 Å². The van der Waals surface area contributed by atoms with Crippen LogP contribution in [0.1, 0.15) is 43.9 Å². The van der Waals surface area contributed by atoms with Gasteiger partial charge in [-0.2, -0.15) is 4.98 Å². The Morgan fingerprint density at radius 2 is 2.39 bits per heavy atom. The molecule has 0 amide bonds. The summed E-state index contributed by atoms with van der Waals surface area (Å²) in [7, 11) is 1.72. The van der Waals surface area contributed by atoms with E-state index in [2.05, 4.69) is 15.5 Å². The first kappa shape index (κ1) is 12.1. The average molecular weight is 253 g/mol. The molecular weight excluding hydrogens is 234 g/mol. The molecule has 0 spiro atoms. The van der Waals surface area contributed by atoms with Gasteiger partial charge in [0.05, 0.1) is 12.1 Å². The third kappa shape index (κ3) is 2.04. The highest BCUT2D eigenvalue weighted by Gasteiger charge is 2.38. The molecule has 1 aromatic rings. The van der Waals surface area contributed by atoms with Crippen LogP contribution in [0.15, 0.2) is 4.52 Å². The Kier molecular flexibility index (Phi) is 3.09. The second-order valence-corrected chi connectivity index (χ2v) is 5.19. The maximum Gasteiger partial charge on any atom is 0.243 e. The van der Waals surface area contributed by atoms with Crippen molar-refractivity contribution in [2.75, 3.05) is 20.3 Å². The summed E-state index contributed by atoms with van der Waals surface area (Å²) in [5, 5.41) is 7.40. The molecule has 2 fully saturated rings. The molecule has 1 aromatic heterocycles. The maximum absolute atomic E-state index is 5.71. The molecule has 2 aliphatic rings. The zero-order valence-electron chi connectivity index (χ0n) is 10.8. The molecule has 100 valence electrons. The molecule has 0 bridgehead atoms. The van der Waals surface area contributed by atoms with Crippen LogP contribution in [0.3, 0.4) is 0 Å². The highest BCUT2D eigenvalue weighted by molar-refractivity contribution is 5.05. The number of nitrogens with zero attached hydrogens (tertiary/aromatic N) is 2. The van der Waals surface area contributed by atoms with E-state index in [4.69, 9.17) is 14.0 Å². The zero-order valence-corrected chi connectivity index (χ0v) is 10.8. The Bertz CT molecular complexity index is 414. The van der Waals surface area contributed by atoms with Crippen LogP contribution in [0.5, 0.6) is 0 Å². The van der Waals surface area contributed by atoms with Crippen molar-refractivity contribution in [3.63, 3.8) is 0 Å². The van der Waals surface area contributed by atoms with Crippen molar-refractivity contribution in [3.05, 3.63) is 11.7 Å². The molecular formula is C12H19N3O3. The summed E-state index contributed by atoms with van der Waals surface area (Å²) in [4.78, 5) is 4.49. The number of methoxy groups -OCH3 is 1. The number of aromatic nitrogens is 2. The van der Waals surface area contributed by atoms with Crippen molar-refractivity contribution >= 4 is 0 Å². The maximum atomic E-state index is 5.71. The van der Waals surface area contributed by atoms with Gasteiger partial charge in [0.15, 0.2) is 0 Å². The van der Waals surface area contributed by atoms with Crippen molar-refractivity contribution in [3.8, 4) is 0 Å². The van der Waals surface area contributed by atoms with Crippen LogP contribution in [-0.2, 0) is 15.1 Å². The lowest BCUT2D eigenvalue weighted by Crippen LogP contribution is -2.22. The summed E-state index contributed by atoms with van der Waals surface area (Å²) in [6.45, 7) is 3.62. The van der Waals surface area contributed by atoms with E-state index >= 15 is 0 Å². The number of hydrogen-bond donors (Lipinski definition) is 1. The lowest BCUT2D eigenvalue weighted by molar-refractivity contribution is 0.00768. The number of nitrogens with one attached hydrogen (secondary N) is 1. The minimum absolute atomic E-state index is 0.0983. The normalized spacial score (nSPS) is 36.3. The van der Waals surface area contributed by atoms with E-state index < -0.39 is 0 Å². The standard InChI is InChI=1S/C12H19N3O3/c1-12(4-3-5-17-12)11-14-10(18-15-11)9-6-8(16-2)7-13-9/h8-9,13H,3-7H2,1-2H3/t8-,9+,12?/m0/s1. The Balaban J connectivity index is 1.74. The van der Waals surface area contributed by atoms with Gasteiger partial charge in [-0.3, -0.25) is 0 Å². The van der Waals surface area contributed by atoms with Crippen LogP contribution in [0.25, 0.3) is 0 Å². The summed E-state index contributed by atoms with van der Waals surface area (Å²) in [5.74, 6) is 1.30. The lowest BCUT2D eigenvalue weighted by Gasteiger charge is -2.17. The average Bonchev–Trinajstić information content (AvgIpc) is 3.08. The van der Waals surface area contributed by atoms with Crippen LogP contribution >= 0.6 is 0 Å². The van der Waals surface area contributed by atoms with Gasteiger partial charge in [-0.25, -0.2) is 0 Å². The second-order valence-electron chi connectivity index (χ2n) is 5.19. The van der Waals surface area contributed by atoms with Gasteiger partial charge in [-0.05, 0) is 26.2 Å². The van der Waals surface area contributed by atoms with E-state index in [1.807, 2.05) is 6.92 Å². The fourth-order valence-corrected chi connectivity index (χ4v) is 2.62. The predicted molar refractivity (Wildman–Crippen MR) is 63.0 cm³/mol. The predicted octanol–water partition coefficient (Wildman–Crippen LogP) is 1.14. The summed E-state index contributed by atoms with van der Waals surface area (Å²) in [5.41, 5.74) is -0.374. The largest absolute Gasteiger partial charge is 0.380 e. The molecule has 6 nitrogen and oxygen atoms in total. The molecule has 0 radical (unpaired) electrons. The van der Waals surface area contributed by atoms with Gasteiger partial charge in [0.25, 0.3) is 0 Å². The summed E-state index contributed by atoms with van der Waals surface area (Å²) in [6, 6.07) is 0.0983. The Morgan fingerprint density at radius 3 is 3.06 bits per heavy atom. The molecule has 2 saturated heterocycles. The van der Waals surface area contributed by atoms with Gasteiger partial charge in [0, 0.05) is 20.3 Å².